The number of hydrogen-bond acceptors (Lipinski definition) is 3. The Labute approximate surface area is 113 Å². The minimum absolute atomic E-state index is 0.856. The lowest BCUT2D eigenvalue weighted by Gasteiger charge is -2.31. The zero-order valence-corrected chi connectivity index (χ0v) is 11.9. The van der Waals surface area contributed by atoms with Crippen molar-refractivity contribution in [1.82, 2.24) is 9.80 Å². The molecule has 2 rings (SSSR count). The third-order valence-corrected chi connectivity index (χ3v) is 4.60. The standard InChI is InChI=1S/C15H31N3/c16-8-2-1-3-9-17-10-5-11-18(13-12-17)14-15-6-4-7-15/h15H,1-14,16H2. The summed E-state index contributed by atoms with van der Waals surface area (Å²) in [4.78, 5) is 5.38. The lowest BCUT2D eigenvalue weighted by atomic mass is 9.85. The van der Waals surface area contributed by atoms with Gasteiger partial charge in [-0.3, -0.25) is 0 Å². The first-order valence-corrected chi connectivity index (χ1v) is 8.03. The van der Waals surface area contributed by atoms with Crippen molar-refractivity contribution in [3.8, 4) is 0 Å². The van der Waals surface area contributed by atoms with Crippen molar-refractivity contribution in [2.75, 3.05) is 45.8 Å². The molecule has 0 aromatic heterocycles. The number of rotatable bonds is 7. The first kappa shape index (κ1) is 14.3. The molecule has 0 aromatic carbocycles. The maximum Gasteiger partial charge on any atom is 0.0109 e. The number of nitrogens with two attached hydrogens (primary N) is 1. The maximum atomic E-state index is 5.54. The molecule has 1 saturated heterocycles. The third-order valence-electron chi connectivity index (χ3n) is 4.60. The van der Waals surface area contributed by atoms with Gasteiger partial charge in [-0.25, -0.2) is 0 Å². The van der Waals surface area contributed by atoms with Crippen LogP contribution in [0.15, 0.2) is 0 Å². The molecule has 3 heteroatoms. The molecule has 18 heavy (non-hydrogen) atoms. The van der Waals surface area contributed by atoms with E-state index in [1.807, 2.05) is 0 Å². The monoisotopic (exact) mass is 253 g/mol. The molecule has 0 unspecified atom stereocenters. The zero-order chi connectivity index (χ0) is 12.6. The second kappa shape index (κ2) is 8.13. The summed E-state index contributed by atoms with van der Waals surface area (Å²) in [7, 11) is 0. The summed E-state index contributed by atoms with van der Waals surface area (Å²) in [6, 6.07) is 0. The molecule has 2 N–H and O–H groups in total. The molecule has 0 atom stereocenters. The van der Waals surface area contributed by atoms with Crippen molar-refractivity contribution in [1.29, 1.82) is 0 Å². The predicted octanol–water partition coefficient (Wildman–Crippen LogP) is 1.92. The maximum absolute atomic E-state index is 5.54. The predicted molar refractivity (Wildman–Crippen MR) is 77.7 cm³/mol. The fourth-order valence-corrected chi connectivity index (χ4v) is 3.13. The summed E-state index contributed by atoms with van der Waals surface area (Å²) in [5, 5.41) is 0. The zero-order valence-electron chi connectivity index (χ0n) is 11.9. The molecule has 106 valence electrons. The molecule has 1 saturated carbocycles. The second-order valence-electron chi connectivity index (χ2n) is 6.14. The Morgan fingerprint density at radius 2 is 1.61 bits per heavy atom. The van der Waals surface area contributed by atoms with Crippen molar-refractivity contribution >= 4 is 0 Å². The molecule has 0 radical (unpaired) electrons. The fraction of sp³-hybridized carbons (Fsp3) is 1.00. The lowest BCUT2D eigenvalue weighted by Crippen LogP contribution is -2.36. The summed E-state index contributed by atoms with van der Waals surface area (Å²) in [5.74, 6) is 1.03. The van der Waals surface area contributed by atoms with E-state index in [-0.39, 0.29) is 0 Å². The van der Waals surface area contributed by atoms with Crippen LogP contribution in [-0.2, 0) is 0 Å². The molecule has 2 fully saturated rings. The van der Waals surface area contributed by atoms with Gasteiger partial charge in [0.1, 0.15) is 0 Å². The summed E-state index contributed by atoms with van der Waals surface area (Å²) in [6.07, 6.45) is 9.65. The Kier molecular flexibility index (Phi) is 6.46. The van der Waals surface area contributed by atoms with Gasteiger partial charge in [-0.1, -0.05) is 12.8 Å². The van der Waals surface area contributed by atoms with E-state index in [1.54, 1.807) is 0 Å². The van der Waals surface area contributed by atoms with E-state index in [1.165, 1.54) is 84.2 Å². The highest BCUT2D eigenvalue weighted by molar-refractivity contribution is 4.76. The van der Waals surface area contributed by atoms with Crippen LogP contribution >= 0.6 is 0 Å². The van der Waals surface area contributed by atoms with Gasteiger partial charge in [0, 0.05) is 19.6 Å². The highest BCUT2D eigenvalue weighted by atomic mass is 15.2. The van der Waals surface area contributed by atoms with Crippen LogP contribution in [0.2, 0.25) is 0 Å². The minimum Gasteiger partial charge on any atom is -0.330 e. The van der Waals surface area contributed by atoms with Gasteiger partial charge >= 0.3 is 0 Å². The number of hydrogen-bond donors (Lipinski definition) is 1. The largest absolute Gasteiger partial charge is 0.330 e. The number of nitrogens with zero attached hydrogens (tertiary/aromatic N) is 2. The van der Waals surface area contributed by atoms with E-state index < -0.39 is 0 Å². The molecule has 1 aliphatic heterocycles. The summed E-state index contributed by atoms with van der Waals surface area (Å²) in [6.45, 7) is 8.75. The smallest absolute Gasteiger partial charge is 0.0109 e. The van der Waals surface area contributed by atoms with Crippen LogP contribution < -0.4 is 5.73 Å². The van der Waals surface area contributed by atoms with Crippen molar-refractivity contribution < 1.29 is 0 Å². The van der Waals surface area contributed by atoms with Gasteiger partial charge in [-0.15, -0.1) is 0 Å². The third kappa shape index (κ3) is 4.87. The van der Waals surface area contributed by atoms with Crippen molar-refractivity contribution in [3.63, 3.8) is 0 Å². The highest BCUT2D eigenvalue weighted by Gasteiger charge is 2.22. The van der Waals surface area contributed by atoms with E-state index in [4.69, 9.17) is 5.73 Å². The average molecular weight is 253 g/mol. The number of unbranched alkanes of at least 4 members (excludes halogenated alkanes) is 2. The van der Waals surface area contributed by atoms with Crippen LogP contribution in [-0.4, -0.2) is 55.6 Å². The second-order valence-corrected chi connectivity index (χ2v) is 6.14. The van der Waals surface area contributed by atoms with Crippen molar-refractivity contribution in [3.05, 3.63) is 0 Å². The van der Waals surface area contributed by atoms with E-state index in [0.29, 0.717) is 0 Å². The average Bonchev–Trinajstić information content (AvgIpc) is 2.55. The van der Waals surface area contributed by atoms with Gasteiger partial charge < -0.3 is 15.5 Å². The Hall–Kier alpha value is -0.120. The molecule has 3 nitrogen and oxygen atoms in total. The van der Waals surface area contributed by atoms with Crippen LogP contribution in [0.25, 0.3) is 0 Å². The summed E-state index contributed by atoms with van der Waals surface area (Å²) < 4.78 is 0. The van der Waals surface area contributed by atoms with Gasteiger partial charge in [0.05, 0.1) is 0 Å². The Morgan fingerprint density at radius 1 is 0.833 bits per heavy atom. The van der Waals surface area contributed by atoms with E-state index >= 15 is 0 Å². The van der Waals surface area contributed by atoms with Gasteiger partial charge in [0.15, 0.2) is 0 Å². The summed E-state index contributed by atoms with van der Waals surface area (Å²) >= 11 is 0. The van der Waals surface area contributed by atoms with Crippen LogP contribution in [0.3, 0.4) is 0 Å². The van der Waals surface area contributed by atoms with E-state index in [0.717, 1.165) is 12.5 Å². The molecular weight excluding hydrogens is 222 g/mol. The van der Waals surface area contributed by atoms with Gasteiger partial charge in [0.2, 0.25) is 0 Å². The van der Waals surface area contributed by atoms with Crippen LogP contribution in [0, 0.1) is 5.92 Å². The molecule has 0 aromatic rings. The molecule has 0 spiro atoms. The Bertz CT molecular complexity index is 216. The lowest BCUT2D eigenvalue weighted by molar-refractivity contribution is 0.179. The molecule has 0 bridgehead atoms. The Morgan fingerprint density at radius 3 is 2.33 bits per heavy atom. The molecule has 1 heterocycles. The SMILES string of the molecule is NCCCCCN1CCCN(CC2CCC2)CC1. The first-order chi connectivity index (χ1) is 8.88. The molecule has 1 aliphatic carbocycles. The van der Waals surface area contributed by atoms with Crippen LogP contribution in [0.5, 0.6) is 0 Å². The van der Waals surface area contributed by atoms with E-state index in [2.05, 4.69) is 9.80 Å². The van der Waals surface area contributed by atoms with Gasteiger partial charge in [-0.05, 0) is 64.2 Å². The minimum atomic E-state index is 0.856. The molecule has 0 amide bonds. The molecule has 2 aliphatic rings. The van der Waals surface area contributed by atoms with Gasteiger partial charge in [-0.2, -0.15) is 0 Å². The normalized spacial score (nSPS) is 23.8. The summed E-state index contributed by atoms with van der Waals surface area (Å²) in [5.41, 5.74) is 5.54. The highest BCUT2D eigenvalue weighted by Crippen LogP contribution is 2.27. The molecular formula is C15H31N3. The van der Waals surface area contributed by atoms with Crippen LogP contribution in [0.1, 0.15) is 44.9 Å². The van der Waals surface area contributed by atoms with Crippen molar-refractivity contribution in [2.24, 2.45) is 11.7 Å². The van der Waals surface area contributed by atoms with E-state index in [9.17, 15) is 0 Å². The van der Waals surface area contributed by atoms with Crippen molar-refractivity contribution in [2.45, 2.75) is 44.9 Å². The first-order valence-electron chi connectivity index (χ1n) is 8.03. The van der Waals surface area contributed by atoms with Gasteiger partial charge in [0.25, 0.3) is 0 Å². The van der Waals surface area contributed by atoms with Crippen LogP contribution in [0.4, 0.5) is 0 Å². The Balaban J connectivity index is 1.58. The quantitative estimate of drug-likeness (QED) is 0.704. The fourth-order valence-electron chi connectivity index (χ4n) is 3.13. The topological polar surface area (TPSA) is 32.5 Å².